The van der Waals surface area contributed by atoms with Crippen LogP contribution in [0.2, 0.25) is 0 Å². The molecule has 1 aliphatic rings. The van der Waals surface area contributed by atoms with Gasteiger partial charge in [-0.15, -0.1) is 0 Å². The highest BCUT2D eigenvalue weighted by Gasteiger charge is 2.19. The molecule has 0 saturated carbocycles. The normalized spacial score (nSPS) is 16.0. The Morgan fingerprint density at radius 1 is 1.24 bits per heavy atom. The summed E-state index contributed by atoms with van der Waals surface area (Å²) in [4.78, 5) is 2.49. The molecule has 1 saturated heterocycles. The molecule has 140 valence electrons. The Labute approximate surface area is 153 Å². The Balaban J connectivity index is 1.91. The molecule has 25 heavy (non-hydrogen) atoms. The van der Waals surface area contributed by atoms with E-state index in [2.05, 4.69) is 42.8 Å². The van der Waals surface area contributed by atoms with E-state index in [0.29, 0.717) is 12.6 Å². The number of nitrogens with zero attached hydrogens (tertiary/aromatic N) is 1. The van der Waals surface area contributed by atoms with Crippen molar-refractivity contribution in [1.82, 2.24) is 10.2 Å². The fourth-order valence-electron chi connectivity index (χ4n) is 3.27. The maximum Gasteiger partial charge on any atom is 0.165 e. The van der Waals surface area contributed by atoms with Crippen molar-refractivity contribution in [2.45, 2.75) is 52.6 Å². The number of nitrogens with one attached hydrogen (secondary N) is 1. The first-order chi connectivity index (χ1) is 12.1. The zero-order chi connectivity index (χ0) is 18.1. The lowest BCUT2D eigenvalue weighted by Crippen LogP contribution is -2.42. The number of hydrogen-bond acceptors (Lipinski definition) is 4. The first-order valence-electron chi connectivity index (χ1n) is 9.61. The molecule has 0 bridgehead atoms. The zero-order valence-corrected chi connectivity index (χ0v) is 16.1. The summed E-state index contributed by atoms with van der Waals surface area (Å²) in [6.45, 7) is 15.8. The molecule has 1 aromatic carbocycles. The zero-order valence-electron chi connectivity index (χ0n) is 16.1. The van der Waals surface area contributed by atoms with Crippen molar-refractivity contribution in [3.63, 3.8) is 0 Å². The number of ether oxygens (including phenoxy) is 2. The van der Waals surface area contributed by atoms with Gasteiger partial charge in [0.05, 0.1) is 13.2 Å². The van der Waals surface area contributed by atoms with Crippen LogP contribution in [0.15, 0.2) is 30.4 Å². The van der Waals surface area contributed by atoms with E-state index in [9.17, 15) is 0 Å². The first-order valence-corrected chi connectivity index (χ1v) is 9.61. The highest BCUT2D eigenvalue weighted by atomic mass is 16.5. The van der Waals surface area contributed by atoms with Crippen molar-refractivity contribution < 1.29 is 9.47 Å². The Kier molecular flexibility index (Phi) is 8.29. The van der Waals surface area contributed by atoms with E-state index in [1.807, 2.05) is 13.0 Å². The second kappa shape index (κ2) is 10.5. The lowest BCUT2D eigenvalue weighted by molar-refractivity contribution is 0.210. The Hall–Kier alpha value is -1.52. The number of para-hydroxylation sites is 1. The van der Waals surface area contributed by atoms with Crippen molar-refractivity contribution in [1.29, 1.82) is 0 Å². The van der Waals surface area contributed by atoms with Crippen molar-refractivity contribution >= 4 is 0 Å². The minimum Gasteiger partial charge on any atom is -0.490 e. The summed E-state index contributed by atoms with van der Waals surface area (Å²) < 4.78 is 11.7. The van der Waals surface area contributed by atoms with Gasteiger partial charge in [-0.1, -0.05) is 31.2 Å². The van der Waals surface area contributed by atoms with Crippen LogP contribution in [0.4, 0.5) is 0 Å². The van der Waals surface area contributed by atoms with Gasteiger partial charge in [0.25, 0.3) is 0 Å². The maximum absolute atomic E-state index is 5.99. The predicted octanol–water partition coefficient (Wildman–Crippen LogP) is 4.00. The summed E-state index contributed by atoms with van der Waals surface area (Å²) in [6.07, 6.45) is 3.36. The number of rotatable bonds is 10. The topological polar surface area (TPSA) is 33.7 Å². The van der Waals surface area contributed by atoms with E-state index in [1.165, 1.54) is 24.0 Å². The fraction of sp³-hybridized carbons (Fsp3) is 0.619. The molecule has 0 unspecified atom stereocenters. The van der Waals surface area contributed by atoms with E-state index in [-0.39, 0.29) is 0 Å². The van der Waals surface area contributed by atoms with Crippen LogP contribution in [0.3, 0.4) is 0 Å². The molecule has 0 aromatic heterocycles. The Morgan fingerprint density at radius 2 is 2.00 bits per heavy atom. The van der Waals surface area contributed by atoms with Crippen LogP contribution >= 0.6 is 0 Å². The molecule has 0 aliphatic carbocycles. The average molecular weight is 347 g/mol. The van der Waals surface area contributed by atoms with Crippen LogP contribution in [0.1, 0.15) is 45.6 Å². The fourth-order valence-corrected chi connectivity index (χ4v) is 3.27. The summed E-state index contributed by atoms with van der Waals surface area (Å²) in [5.41, 5.74) is 2.43. The van der Waals surface area contributed by atoms with E-state index in [4.69, 9.17) is 9.47 Å². The number of likely N-dealkylation sites (tertiary alicyclic amines) is 1. The number of piperidine rings is 1. The molecule has 2 rings (SSSR count). The van der Waals surface area contributed by atoms with Crippen molar-refractivity contribution in [3.05, 3.63) is 35.9 Å². The van der Waals surface area contributed by atoms with Gasteiger partial charge in [-0.05, 0) is 52.3 Å². The van der Waals surface area contributed by atoms with Gasteiger partial charge in [-0.25, -0.2) is 0 Å². The van der Waals surface area contributed by atoms with E-state index >= 15 is 0 Å². The Bertz CT molecular complexity index is 537. The molecule has 4 nitrogen and oxygen atoms in total. The van der Waals surface area contributed by atoms with E-state index in [0.717, 1.165) is 50.7 Å². The molecule has 1 aliphatic heterocycles. The summed E-state index contributed by atoms with van der Waals surface area (Å²) >= 11 is 0. The lowest BCUT2D eigenvalue weighted by atomic mass is 10.0. The second-order valence-corrected chi connectivity index (χ2v) is 6.91. The van der Waals surface area contributed by atoms with Crippen molar-refractivity contribution in [3.8, 4) is 11.5 Å². The highest BCUT2D eigenvalue weighted by molar-refractivity contribution is 5.46. The molecule has 1 N–H and O–H groups in total. The third kappa shape index (κ3) is 6.37. The van der Waals surface area contributed by atoms with Crippen molar-refractivity contribution in [2.75, 3.05) is 32.8 Å². The molecular weight excluding hydrogens is 312 g/mol. The average Bonchev–Trinajstić information content (AvgIpc) is 2.60. The quantitative estimate of drug-likeness (QED) is 0.649. The SMILES string of the molecule is C=C(C)CN1CCC(NCc2cccc(OCC)c2OCCC)CC1. The summed E-state index contributed by atoms with van der Waals surface area (Å²) in [5.74, 6) is 1.75. The van der Waals surface area contributed by atoms with Crippen LogP contribution in [-0.4, -0.2) is 43.8 Å². The second-order valence-electron chi connectivity index (χ2n) is 6.91. The maximum atomic E-state index is 5.99. The van der Waals surface area contributed by atoms with Crippen LogP contribution in [-0.2, 0) is 6.54 Å². The molecule has 1 aromatic rings. The van der Waals surface area contributed by atoms with Gasteiger partial charge >= 0.3 is 0 Å². The molecule has 1 fully saturated rings. The van der Waals surface area contributed by atoms with Gasteiger partial charge in [-0.3, -0.25) is 4.90 Å². The van der Waals surface area contributed by atoms with E-state index < -0.39 is 0 Å². The van der Waals surface area contributed by atoms with Gasteiger partial charge in [-0.2, -0.15) is 0 Å². The van der Waals surface area contributed by atoms with Crippen LogP contribution in [0.25, 0.3) is 0 Å². The molecule has 4 heteroatoms. The summed E-state index contributed by atoms with van der Waals surface area (Å²) in [5, 5.41) is 3.71. The third-order valence-electron chi connectivity index (χ3n) is 4.47. The summed E-state index contributed by atoms with van der Waals surface area (Å²) in [6, 6.07) is 6.75. The molecule has 1 heterocycles. The van der Waals surface area contributed by atoms with Gasteiger partial charge in [0.2, 0.25) is 0 Å². The van der Waals surface area contributed by atoms with Gasteiger partial charge in [0.1, 0.15) is 0 Å². The monoisotopic (exact) mass is 346 g/mol. The lowest BCUT2D eigenvalue weighted by Gasteiger charge is -2.32. The molecule has 0 amide bonds. The number of benzene rings is 1. The standard InChI is InChI=1S/C21H34N2O2/c1-5-14-25-21-18(8-7-9-20(21)24-6-2)15-22-19-10-12-23(13-11-19)16-17(3)4/h7-9,19,22H,3,5-6,10-16H2,1-2,4H3. The molecule has 0 radical (unpaired) electrons. The van der Waals surface area contributed by atoms with Crippen LogP contribution in [0, 0.1) is 0 Å². The van der Waals surface area contributed by atoms with Crippen molar-refractivity contribution in [2.24, 2.45) is 0 Å². The first kappa shape index (κ1) is 19.8. The van der Waals surface area contributed by atoms with E-state index in [1.54, 1.807) is 0 Å². The third-order valence-corrected chi connectivity index (χ3v) is 4.47. The van der Waals surface area contributed by atoms with Crippen LogP contribution < -0.4 is 14.8 Å². The minimum absolute atomic E-state index is 0.566. The molecule has 0 spiro atoms. The smallest absolute Gasteiger partial charge is 0.165 e. The van der Waals surface area contributed by atoms with Crippen LogP contribution in [0.5, 0.6) is 11.5 Å². The Morgan fingerprint density at radius 3 is 2.64 bits per heavy atom. The largest absolute Gasteiger partial charge is 0.490 e. The predicted molar refractivity (Wildman–Crippen MR) is 105 cm³/mol. The van der Waals surface area contributed by atoms with Gasteiger partial charge < -0.3 is 14.8 Å². The molecular formula is C21H34N2O2. The van der Waals surface area contributed by atoms with Gasteiger partial charge in [0, 0.05) is 24.7 Å². The highest BCUT2D eigenvalue weighted by Crippen LogP contribution is 2.31. The van der Waals surface area contributed by atoms with Gasteiger partial charge in [0.15, 0.2) is 11.5 Å². The minimum atomic E-state index is 0.566. The summed E-state index contributed by atoms with van der Waals surface area (Å²) in [7, 11) is 0. The molecule has 0 atom stereocenters. The number of hydrogen-bond donors (Lipinski definition) is 1.